The van der Waals surface area contributed by atoms with Crippen LogP contribution in [0.1, 0.15) is 52.1 Å². The Bertz CT molecular complexity index is 602. The van der Waals surface area contributed by atoms with E-state index in [0.717, 1.165) is 10.0 Å². The second-order valence-corrected chi connectivity index (χ2v) is 8.44. The molecule has 1 N–H and O–H groups in total. The van der Waals surface area contributed by atoms with E-state index < -0.39 is 5.60 Å². The molecule has 1 fully saturated rings. The molecule has 0 saturated carbocycles. The van der Waals surface area contributed by atoms with Crippen molar-refractivity contribution in [3.63, 3.8) is 0 Å². The van der Waals surface area contributed by atoms with Crippen LogP contribution in [0.25, 0.3) is 0 Å². The van der Waals surface area contributed by atoms with E-state index in [4.69, 9.17) is 4.74 Å². The largest absolute Gasteiger partial charge is 0.444 e. The van der Waals surface area contributed by atoms with Gasteiger partial charge in [-0.2, -0.15) is 0 Å². The van der Waals surface area contributed by atoms with Gasteiger partial charge >= 0.3 is 6.09 Å². The molecule has 0 aromatic heterocycles. The average molecular weight is 411 g/mol. The zero-order valence-electron chi connectivity index (χ0n) is 15.3. The standard InChI is InChI=1S/C19H27BrN2O3/c1-13(14-5-7-16(20)8-6-14)21-17(23)15-9-11-22(12-10-15)18(24)25-19(2,3)4/h5-8,13,15H,9-12H2,1-4H3,(H,21,23)/t13-/m1/s1. The number of carbonyl (C=O) groups is 2. The minimum atomic E-state index is -0.495. The molecule has 2 rings (SSSR count). The van der Waals surface area contributed by atoms with Gasteiger partial charge in [0.25, 0.3) is 0 Å². The molecule has 1 saturated heterocycles. The highest BCUT2D eigenvalue weighted by molar-refractivity contribution is 9.10. The molecule has 0 unspecified atom stereocenters. The molecule has 2 amide bonds. The fraction of sp³-hybridized carbons (Fsp3) is 0.579. The van der Waals surface area contributed by atoms with Gasteiger partial charge in [-0.25, -0.2) is 4.79 Å². The monoisotopic (exact) mass is 410 g/mol. The lowest BCUT2D eigenvalue weighted by Gasteiger charge is -2.33. The van der Waals surface area contributed by atoms with E-state index in [1.165, 1.54) is 0 Å². The number of halogens is 1. The van der Waals surface area contributed by atoms with Crippen molar-refractivity contribution in [1.82, 2.24) is 10.2 Å². The van der Waals surface area contributed by atoms with Gasteiger partial charge in [0.05, 0.1) is 6.04 Å². The van der Waals surface area contributed by atoms with E-state index in [-0.39, 0.29) is 24.0 Å². The number of rotatable bonds is 3. The quantitative estimate of drug-likeness (QED) is 0.808. The van der Waals surface area contributed by atoms with Gasteiger partial charge in [-0.15, -0.1) is 0 Å². The number of piperidine rings is 1. The first-order chi connectivity index (χ1) is 11.7. The molecule has 1 aromatic carbocycles. The molecule has 0 bridgehead atoms. The Kier molecular flexibility index (Phi) is 6.49. The topological polar surface area (TPSA) is 58.6 Å². The third kappa shape index (κ3) is 6.03. The summed E-state index contributed by atoms with van der Waals surface area (Å²) in [5.41, 5.74) is 0.577. The van der Waals surface area contributed by atoms with Crippen LogP contribution in [0.5, 0.6) is 0 Å². The second-order valence-electron chi connectivity index (χ2n) is 7.52. The summed E-state index contributed by atoms with van der Waals surface area (Å²) in [6.45, 7) is 8.66. The summed E-state index contributed by atoms with van der Waals surface area (Å²) in [5, 5.41) is 3.08. The first kappa shape index (κ1) is 19.8. The lowest BCUT2D eigenvalue weighted by atomic mass is 9.95. The summed E-state index contributed by atoms with van der Waals surface area (Å²) in [7, 11) is 0. The lowest BCUT2D eigenvalue weighted by molar-refractivity contribution is -0.127. The normalized spacial score (nSPS) is 17.1. The third-order valence-corrected chi connectivity index (χ3v) is 4.77. The van der Waals surface area contributed by atoms with E-state index >= 15 is 0 Å². The minimum Gasteiger partial charge on any atom is -0.444 e. The molecular weight excluding hydrogens is 384 g/mol. The second kappa shape index (κ2) is 8.21. The Balaban J connectivity index is 1.82. The summed E-state index contributed by atoms with van der Waals surface area (Å²) < 4.78 is 6.41. The van der Waals surface area contributed by atoms with Crippen molar-refractivity contribution in [2.75, 3.05) is 13.1 Å². The predicted molar refractivity (Wildman–Crippen MR) is 101 cm³/mol. The van der Waals surface area contributed by atoms with Gasteiger partial charge in [-0.1, -0.05) is 28.1 Å². The molecule has 5 nitrogen and oxygen atoms in total. The Morgan fingerprint density at radius 3 is 2.28 bits per heavy atom. The summed E-state index contributed by atoms with van der Waals surface area (Å²) >= 11 is 3.41. The van der Waals surface area contributed by atoms with Crippen LogP contribution >= 0.6 is 15.9 Å². The van der Waals surface area contributed by atoms with Gasteiger partial charge in [-0.3, -0.25) is 4.79 Å². The van der Waals surface area contributed by atoms with Crippen LogP contribution in [0.2, 0.25) is 0 Å². The molecule has 1 aromatic rings. The third-order valence-electron chi connectivity index (χ3n) is 4.25. The van der Waals surface area contributed by atoms with Crippen molar-refractivity contribution in [2.45, 2.75) is 52.2 Å². The van der Waals surface area contributed by atoms with Crippen molar-refractivity contribution in [2.24, 2.45) is 5.92 Å². The highest BCUT2D eigenvalue weighted by Gasteiger charge is 2.30. The van der Waals surface area contributed by atoms with Crippen molar-refractivity contribution < 1.29 is 14.3 Å². The Labute approximate surface area is 158 Å². The van der Waals surface area contributed by atoms with Crippen LogP contribution < -0.4 is 5.32 Å². The van der Waals surface area contributed by atoms with Gasteiger partial charge in [0, 0.05) is 23.5 Å². The van der Waals surface area contributed by atoms with Gasteiger partial charge in [0.1, 0.15) is 5.60 Å². The van der Waals surface area contributed by atoms with Crippen molar-refractivity contribution >= 4 is 27.9 Å². The van der Waals surface area contributed by atoms with E-state index in [1.54, 1.807) is 4.90 Å². The summed E-state index contributed by atoms with van der Waals surface area (Å²) in [6, 6.07) is 7.90. The number of likely N-dealkylation sites (tertiary alicyclic amines) is 1. The van der Waals surface area contributed by atoms with E-state index in [1.807, 2.05) is 52.0 Å². The molecule has 1 aliphatic rings. The Morgan fingerprint density at radius 2 is 1.76 bits per heavy atom. The average Bonchev–Trinajstić information content (AvgIpc) is 2.54. The highest BCUT2D eigenvalue weighted by atomic mass is 79.9. The molecule has 0 aliphatic carbocycles. The maximum absolute atomic E-state index is 12.5. The molecule has 6 heteroatoms. The maximum atomic E-state index is 12.5. The zero-order chi connectivity index (χ0) is 18.6. The summed E-state index contributed by atoms with van der Waals surface area (Å²) in [6.07, 6.45) is 1.03. The van der Waals surface area contributed by atoms with E-state index in [9.17, 15) is 9.59 Å². The fourth-order valence-corrected chi connectivity index (χ4v) is 3.08. The first-order valence-electron chi connectivity index (χ1n) is 8.69. The molecule has 138 valence electrons. The molecule has 1 heterocycles. The molecule has 0 radical (unpaired) electrons. The number of ether oxygens (including phenoxy) is 1. The number of hydrogen-bond donors (Lipinski definition) is 1. The van der Waals surface area contributed by atoms with Crippen LogP contribution in [0.3, 0.4) is 0 Å². The van der Waals surface area contributed by atoms with Crippen LogP contribution in [0.4, 0.5) is 4.79 Å². The van der Waals surface area contributed by atoms with Gasteiger partial charge in [0.15, 0.2) is 0 Å². The van der Waals surface area contributed by atoms with Crippen LogP contribution in [0.15, 0.2) is 28.7 Å². The minimum absolute atomic E-state index is 0.0375. The van der Waals surface area contributed by atoms with Crippen LogP contribution in [-0.2, 0) is 9.53 Å². The summed E-state index contributed by atoms with van der Waals surface area (Å²) in [5.74, 6) is -0.00385. The van der Waals surface area contributed by atoms with Gasteiger partial charge in [-0.05, 0) is 58.2 Å². The zero-order valence-corrected chi connectivity index (χ0v) is 16.9. The Hall–Kier alpha value is -1.56. The molecule has 1 aliphatic heterocycles. The molecule has 0 spiro atoms. The van der Waals surface area contributed by atoms with Crippen LogP contribution in [-0.4, -0.2) is 35.6 Å². The number of hydrogen-bond acceptors (Lipinski definition) is 3. The molecule has 25 heavy (non-hydrogen) atoms. The van der Waals surface area contributed by atoms with Crippen molar-refractivity contribution in [3.8, 4) is 0 Å². The molecular formula is C19H27BrN2O3. The van der Waals surface area contributed by atoms with E-state index in [2.05, 4.69) is 21.2 Å². The smallest absolute Gasteiger partial charge is 0.410 e. The predicted octanol–water partition coefficient (Wildman–Crippen LogP) is 4.27. The van der Waals surface area contributed by atoms with Gasteiger partial charge in [0.2, 0.25) is 5.91 Å². The SMILES string of the molecule is C[C@@H](NC(=O)C1CCN(C(=O)OC(C)(C)C)CC1)c1ccc(Br)cc1. The number of nitrogens with zero attached hydrogens (tertiary/aromatic N) is 1. The van der Waals surface area contributed by atoms with Crippen LogP contribution in [0, 0.1) is 5.92 Å². The number of carbonyl (C=O) groups excluding carboxylic acids is 2. The summed E-state index contributed by atoms with van der Waals surface area (Å²) in [4.78, 5) is 26.3. The van der Waals surface area contributed by atoms with Crippen molar-refractivity contribution in [3.05, 3.63) is 34.3 Å². The fourth-order valence-electron chi connectivity index (χ4n) is 2.82. The van der Waals surface area contributed by atoms with E-state index in [0.29, 0.717) is 25.9 Å². The lowest BCUT2D eigenvalue weighted by Crippen LogP contribution is -2.45. The van der Waals surface area contributed by atoms with Crippen molar-refractivity contribution in [1.29, 1.82) is 0 Å². The Morgan fingerprint density at radius 1 is 1.20 bits per heavy atom. The molecule has 1 atom stereocenters. The number of amides is 2. The van der Waals surface area contributed by atoms with Gasteiger partial charge < -0.3 is 15.0 Å². The maximum Gasteiger partial charge on any atom is 0.410 e. The first-order valence-corrected chi connectivity index (χ1v) is 9.49. The number of benzene rings is 1. The highest BCUT2D eigenvalue weighted by Crippen LogP contribution is 2.22. The number of nitrogens with one attached hydrogen (secondary N) is 1.